The van der Waals surface area contributed by atoms with E-state index in [1.165, 1.54) is 31.0 Å². The van der Waals surface area contributed by atoms with E-state index in [0.29, 0.717) is 27.9 Å². The second kappa shape index (κ2) is 11.4. The third kappa shape index (κ3) is 6.31. The molecule has 0 unspecified atom stereocenters. The van der Waals surface area contributed by atoms with Gasteiger partial charge >= 0.3 is 0 Å². The zero-order chi connectivity index (χ0) is 24.6. The summed E-state index contributed by atoms with van der Waals surface area (Å²) in [5.74, 6) is -0.178. The number of anilines is 2. The summed E-state index contributed by atoms with van der Waals surface area (Å²) in [6, 6.07) is 22.3. The molecule has 10 heteroatoms. The molecule has 0 spiro atoms. The molecular weight excluding hydrogens is 469 g/mol. The molecule has 1 heterocycles. The van der Waals surface area contributed by atoms with Gasteiger partial charge in [0.25, 0.3) is 0 Å². The summed E-state index contributed by atoms with van der Waals surface area (Å²) in [5.41, 5.74) is 2.73. The minimum Gasteiger partial charge on any atom is -0.375 e. The molecule has 1 aromatic heterocycles. The van der Waals surface area contributed by atoms with E-state index in [9.17, 15) is 14.0 Å². The lowest BCUT2D eigenvalue weighted by molar-refractivity contribution is -0.119. The Morgan fingerprint density at radius 3 is 2.14 bits per heavy atom. The smallest absolute Gasteiger partial charge is 0.250 e. The monoisotopic (exact) mass is 491 g/mol. The Morgan fingerprint density at radius 2 is 1.51 bits per heavy atom. The molecule has 3 aromatic carbocycles. The van der Waals surface area contributed by atoms with Crippen molar-refractivity contribution in [3.8, 4) is 17.1 Å². The van der Waals surface area contributed by atoms with Crippen LogP contribution in [0.1, 0.15) is 0 Å². The van der Waals surface area contributed by atoms with Crippen molar-refractivity contribution in [1.82, 2.24) is 14.8 Å². The van der Waals surface area contributed by atoms with Crippen LogP contribution in [-0.4, -0.2) is 46.0 Å². The Balaban J connectivity index is 1.45. The highest BCUT2D eigenvalue weighted by Crippen LogP contribution is 2.28. The SMILES string of the molecule is COCC(=O)Nc1ccc(NC(=O)CSc2nnc(-c3ccc(F)cc3)n2-c2ccccc2)cc1. The van der Waals surface area contributed by atoms with Gasteiger partial charge in [-0.1, -0.05) is 30.0 Å². The van der Waals surface area contributed by atoms with Crippen molar-refractivity contribution < 1.29 is 18.7 Å². The maximum absolute atomic E-state index is 13.4. The Labute approximate surface area is 205 Å². The summed E-state index contributed by atoms with van der Waals surface area (Å²) in [7, 11) is 1.45. The molecule has 0 radical (unpaired) electrons. The lowest BCUT2D eigenvalue weighted by Gasteiger charge is -2.11. The number of hydrogen-bond acceptors (Lipinski definition) is 6. The predicted molar refractivity (Wildman–Crippen MR) is 133 cm³/mol. The van der Waals surface area contributed by atoms with Crippen molar-refractivity contribution in [2.45, 2.75) is 5.16 Å². The number of nitrogens with one attached hydrogen (secondary N) is 2. The Hall–Kier alpha value is -4.02. The van der Waals surface area contributed by atoms with Crippen molar-refractivity contribution >= 4 is 35.0 Å². The summed E-state index contributed by atoms with van der Waals surface area (Å²) in [4.78, 5) is 24.2. The zero-order valence-electron chi connectivity index (χ0n) is 18.8. The summed E-state index contributed by atoms with van der Waals surface area (Å²) in [6.07, 6.45) is 0. The highest BCUT2D eigenvalue weighted by molar-refractivity contribution is 7.99. The third-order valence-electron chi connectivity index (χ3n) is 4.81. The van der Waals surface area contributed by atoms with Crippen LogP contribution in [0, 0.1) is 5.82 Å². The first-order chi connectivity index (χ1) is 17.0. The van der Waals surface area contributed by atoms with Gasteiger partial charge in [-0.05, 0) is 60.7 Å². The first-order valence-corrected chi connectivity index (χ1v) is 11.6. The lowest BCUT2D eigenvalue weighted by Crippen LogP contribution is -2.17. The van der Waals surface area contributed by atoms with Gasteiger partial charge in [0.15, 0.2) is 11.0 Å². The van der Waals surface area contributed by atoms with E-state index in [1.807, 2.05) is 34.9 Å². The zero-order valence-corrected chi connectivity index (χ0v) is 19.6. The Morgan fingerprint density at radius 1 is 0.886 bits per heavy atom. The summed E-state index contributed by atoms with van der Waals surface area (Å²) < 4.78 is 20.0. The maximum Gasteiger partial charge on any atom is 0.250 e. The molecule has 0 bridgehead atoms. The molecule has 2 N–H and O–H groups in total. The minimum atomic E-state index is -0.337. The molecule has 4 aromatic rings. The molecule has 0 aliphatic carbocycles. The van der Waals surface area contributed by atoms with Gasteiger partial charge < -0.3 is 15.4 Å². The quantitative estimate of drug-likeness (QED) is 0.337. The first kappa shape index (κ1) is 24.1. The number of hydrogen-bond donors (Lipinski definition) is 2. The molecule has 0 aliphatic heterocycles. The van der Waals surface area contributed by atoms with Crippen LogP contribution in [0.15, 0.2) is 84.0 Å². The fourth-order valence-electron chi connectivity index (χ4n) is 3.25. The van der Waals surface area contributed by atoms with Crippen LogP contribution in [0.4, 0.5) is 15.8 Å². The Bertz CT molecular complexity index is 1300. The third-order valence-corrected chi connectivity index (χ3v) is 5.74. The summed E-state index contributed by atoms with van der Waals surface area (Å²) >= 11 is 1.24. The van der Waals surface area contributed by atoms with Crippen LogP contribution >= 0.6 is 11.8 Å². The first-order valence-electron chi connectivity index (χ1n) is 10.6. The van der Waals surface area contributed by atoms with Gasteiger partial charge in [0.05, 0.1) is 5.75 Å². The summed E-state index contributed by atoms with van der Waals surface area (Å²) in [5, 5.41) is 14.6. The number of nitrogens with zero attached hydrogens (tertiary/aromatic N) is 3. The fourth-order valence-corrected chi connectivity index (χ4v) is 4.00. The number of carbonyl (C=O) groups is 2. The number of ether oxygens (including phenoxy) is 1. The normalized spacial score (nSPS) is 10.7. The fraction of sp³-hybridized carbons (Fsp3) is 0.120. The number of rotatable bonds is 9. The van der Waals surface area contributed by atoms with E-state index in [-0.39, 0.29) is 30.0 Å². The second-order valence-electron chi connectivity index (χ2n) is 7.38. The molecule has 0 fully saturated rings. The molecule has 178 valence electrons. The number of amides is 2. The van der Waals surface area contributed by atoms with E-state index in [1.54, 1.807) is 36.4 Å². The van der Waals surface area contributed by atoms with E-state index in [0.717, 1.165) is 5.69 Å². The second-order valence-corrected chi connectivity index (χ2v) is 8.32. The van der Waals surface area contributed by atoms with Crippen molar-refractivity contribution in [2.75, 3.05) is 30.1 Å². The molecule has 0 atom stereocenters. The number of para-hydroxylation sites is 1. The van der Waals surface area contributed by atoms with Gasteiger partial charge in [0.2, 0.25) is 11.8 Å². The highest BCUT2D eigenvalue weighted by Gasteiger charge is 2.17. The van der Waals surface area contributed by atoms with Gasteiger partial charge in [-0.2, -0.15) is 0 Å². The molecule has 0 saturated heterocycles. The van der Waals surface area contributed by atoms with Gasteiger partial charge in [0, 0.05) is 29.7 Å². The Kier molecular flexibility index (Phi) is 7.86. The number of methoxy groups -OCH3 is 1. The van der Waals surface area contributed by atoms with Crippen LogP contribution in [0.3, 0.4) is 0 Å². The molecule has 4 rings (SSSR count). The standard InChI is InChI=1S/C25H22FN5O3S/c1-34-15-22(32)27-19-11-13-20(14-12-19)28-23(33)16-35-25-30-29-24(17-7-9-18(26)10-8-17)31(25)21-5-3-2-4-6-21/h2-14H,15-16H2,1H3,(H,27,32)(H,28,33). The number of thioether (sulfide) groups is 1. The largest absolute Gasteiger partial charge is 0.375 e. The molecule has 2 amide bonds. The molecule has 0 aliphatic rings. The van der Waals surface area contributed by atoms with Crippen molar-refractivity contribution in [3.63, 3.8) is 0 Å². The van der Waals surface area contributed by atoms with Crippen molar-refractivity contribution in [2.24, 2.45) is 0 Å². The lowest BCUT2D eigenvalue weighted by atomic mass is 10.2. The summed E-state index contributed by atoms with van der Waals surface area (Å²) in [6.45, 7) is -0.0355. The van der Waals surface area contributed by atoms with Crippen LogP contribution in [0.25, 0.3) is 17.1 Å². The minimum absolute atomic E-state index is 0.0355. The van der Waals surface area contributed by atoms with Gasteiger partial charge in [-0.25, -0.2) is 4.39 Å². The average molecular weight is 492 g/mol. The number of aromatic nitrogens is 3. The van der Waals surface area contributed by atoms with Crippen LogP contribution in [0.5, 0.6) is 0 Å². The van der Waals surface area contributed by atoms with Gasteiger partial charge in [-0.15, -0.1) is 10.2 Å². The van der Waals surface area contributed by atoms with E-state index >= 15 is 0 Å². The molecule has 0 saturated carbocycles. The van der Waals surface area contributed by atoms with Gasteiger partial charge in [0.1, 0.15) is 12.4 Å². The number of carbonyl (C=O) groups excluding carboxylic acids is 2. The maximum atomic E-state index is 13.4. The van der Waals surface area contributed by atoms with Crippen LogP contribution < -0.4 is 10.6 Å². The van der Waals surface area contributed by atoms with Crippen LogP contribution in [0.2, 0.25) is 0 Å². The van der Waals surface area contributed by atoms with E-state index in [4.69, 9.17) is 4.74 Å². The average Bonchev–Trinajstić information content (AvgIpc) is 3.29. The van der Waals surface area contributed by atoms with Crippen molar-refractivity contribution in [1.29, 1.82) is 0 Å². The number of halogens is 1. The van der Waals surface area contributed by atoms with Gasteiger partial charge in [-0.3, -0.25) is 14.2 Å². The number of benzene rings is 3. The van der Waals surface area contributed by atoms with E-state index in [2.05, 4.69) is 20.8 Å². The van der Waals surface area contributed by atoms with Crippen LogP contribution in [-0.2, 0) is 14.3 Å². The van der Waals surface area contributed by atoms with E-state index < -0.39 is 0 Å². The predicted octanol–water partition coefficient (Wildman–Crippen LogP) is 4.39. The highest BCUT2D eigenvalue weighted by atomic mass is 32.2. The van der Waals surface area contributed by atoms with Crippen molar-refractivity contribution in [3.05, 3.63) is 84.7 Å². The molecular formula is C25H22FN5O3S. The molecule has 8 nitrogen and oxygen atoms in total. The molecule has 35 heavy (non-hydrogen) atoms. The topological polar surface area (TPSA) is 98.1 Å².